The first-order valence-corrected chi connectivity index (χ1v) is 10.2. The van der Waals surface area contributed by atoms with Crippen molar-refractivity contribution >= 4 is 0 Å². The molecule has 6 nitrogen and oxygen atoms in total. The first-order chi connectivity index (χ1) is 13.3. The van der Waals surface area contributed by atoms with Gasteiger partial charge in [0.25, 0.3) is 0 Å². The number of hydrogen-bond acceptors (Lipinski definition) is 6. The number of benzene rings is 1. The number of aliphatic hydroxyl groups is 1. The minimum Gasteiger partial charge on any atom is -0.493 e. The zero-order valence-electron chi connectivity index (χ0n) is 18.5. The number of rotatable bonds is 14. The van der Waals surface area contributed by atoms with Gasteiger partial charge in [0, 0.05) is 32.7 Å². The fourth-order valence-electron chi connectivity index (χ4n) is 3.26. The largest absolute Gasteiger partial charge is 0.493 e. The van der Waals surface area contributed by atoms with Gasteiger partial charge in [-0.1, -0.05) is 19.9 Å². The normalized spacial score (nSPS) is 14.9. The topological polar surface area (TPSA) is 77.2 Å². The number of ether oxygens (including phenoxy) is 3. The molecule has 0 amide bonds. The molecule has 1 aromatic rings. The van der Waals surface area contributed by atoms with Crippen molar-refractivity contribution in [3.8, 4) is 11.5 Å². The van der Waals surface area contributed by atoms with E-state index in [4.69, 9.17) is 19.9 Å². The Morgan fingerprint density at radius 1 is 1.11 bits per heavy atom. The SMILES string of the molecule is COCCCOc1cc(C[C@@H](C[C@H](N)[C@@H](O)CN(C)C)C(C)C)ccc1OC. The quantitative estimate of drug-likeness (QED) is 0.471. The molecule has 3 atom stereocenters. The second-order valence-electron chi connectivity index (χ2n) is 8.12. The maximum Gasteiger partial charge on any atom is 0.161 e. The Morgan fingerprint density at radius 2 is 1.82 bits per heavy atom. The molecule has 0 aliphatic heterocycles. The summed E-state index contributed by atoms with van der Waals surface area (Å²) in [6, 6.07) is 5.86. The Hall–Kier alpha value is -1.34. The molecule has 1 aromatic carbocycles. The Bertz CT molecular complexity index is 551. The van der Waals surface area contributed by atoms with Crippen LogP contribution in [0.3, 0.4) is 0 Å². The van der Waals surface area contributed by atoms with Gasteiger partial charge in [0.2, 0.25) is 0 Å². The zero-order chi connectivity index (χ0) is 21.1. The van der Waals surface area contributed by atoms with Crippen LogP contribution < -0.4 is 15.2 Å². The van der Waals surface area contributed by atoms with E-state index in [0.717, 1.165) is 30.8 Å². The molecule has 0 aliphatic rings. The van der Waals surface area contributed by atoms with Crippen LogP contribution in [-0.4, -0.2) is 70.2 Å². The minimum absolute atomic E-state index is 0.238. The van der Waals surface area contributed by atoms with Crippen molar-refractivity contribution in [1.29, 1.82) is 0 Å². The highest BCUT2D eigenvalue weighted by molar-refractivity contribution is 5.43. The Kier molecular flexibility index (Phi) is 11.5. The number of likely N-dealkylation sites (N-methyl/N-ethyl adjacent to an activating group) is 1. The molecule has 0 aromatic heterocycles. The zero-order valence-corrected chi connectivity index (χ0v) is 18.5. The van der Waals surface area contributed by atoms with Crippen molar-refractivity contribution in [2.24, 2.45) is 17.6 Å². The van der Waals surface area contributed by atoms with Gasteiger partial charge in [-0.25, -0.2) is 0 Å². The number of methoxy groups -OCH3 is 2. The van der Waals surface area contributed by atoms with Crippen LogP contribution >= 0.6 is 0 Å². The molecular formula is C22H40N2O4. The average Bonchev–Trinajstić information content (AvgIpc) is 2.64. The first-order valence-electron chi connectivity index (χ1n) is 10.2. The number of aliphatic hydroxyl groups excluding tert-OH is 1. The summed E-state index contributed by atoms with van der Waals surface area (Å²) in [6.45, 7) is 6.25. The van der Waals surface area contributed by atoms with Crippen molar-refractivity contribution < 1.29 is 19.3 Å². The lowest BCUT2D eigenvalue weighted by atomic mass is 9.83. The van der Waals surface area contributed by atoms with E-state index in [2.05, 4.69) is 26.0 Å². The van der Waals surface area contributed by atoms with Crippen LogP contribution in [0.4, 0.5) is 0 Å². The van der Waals surface area contributed by atoms with E-state index in [9.17, 15) is 5.11 Å². The van der Waals surface area contributed by atoms with Crippen LogP contribution in [0.25, 0.3) is 0 Å². The van der Waals surface area contributed by atoms with Crippen LogP contribution in [0.2, 0.25) is 0 Å². The van der Waals surface area contributed by atoms with Crippen molar-refractivity contribution in [1.82, 2.24) is 4.90 Å². The van der Waals surface area contributed by atoms with Crippen LogP contribution in [0.5, 0.6) is 11.5 Å². The summed E-state index contributed by atoms with van der Waals surface area (Å²) in [5, 5.41) is 10.3. The summed E-state index contributed by atoms with van der Waals surface area (Å²) in [7, 11) is 7.23. The van der Waals surface area contributed by atoms with Crippen molar-refractivity contribution in [2.45, 2.75) is 45.3 Å². The average molecular weight is 397 g/mol. The van der Waals surface area contributed by atoms with E-state index in [1.807, 2.05) is 25.1 Å². The third kappa shape index (κ3) is 8.78. The van der Waals surface area contributed by atoms with Crippen molar-refractivity contribution in [3.63, 3.8) is 0 Å². The van der Waals surface area contributed by atoms with Gasteiger partial charge in [-0.15, -0.1) is 0 Å². The minimum atomic E-state index is -0.521. The molecule has 6 heteroatoms. The summed E-state index contributed by atoms with van der Waals surface area (Å²) in [5.74, 6) is 2.34. The van der Waals surface area contributed by atoms with Gasteiger partial charge in [0.05, 0.1) is 19.8 Å². The fourth-order valence-corrected chi connectivity index (χ4v) is 3.26. The van der Waals surface area contributed by atoms with E-state index < -0.39 is 6.10 Å². The standard InChI is InChI=1S/C22H40N2O4/c1-16(2)18(14-19(23)20(25)15-24(3)4)12-17-8-9-21(27-6)22(13-17)28-11-7-10-26-5/h8-9,13,16,18-20,25H,7,10-12,14-15,23H2,1-6H3/t18-,19-,20-/m0/s1. The molecule has 0 spiro atoms. The predicted octanol–water partition coefficient (Wildman–Crippen LogP) is 2.57. The van der Waals surface area contributed by atoms with E-state index in [0.29, 0.717) is 31.6 Å². The van der Waals surface area contributed by atoms with Gasteiger partial charge in [-0.3, -0.25) is 0 Å². The third-order valence-corrected chi connectivity index (χ3v) is 5.04. The molecule has 0 unspecified atom stereocenters. The second kappa shape index (κ2) is 13.0. The number of hydrogen-bond donors (Lipinski definition) is 2. The van der Waals surface area contributed by atoms with Crippen LogP contribution in [0, 0.1) is 11.8 Å². The molecule has 0 saturated heterocycles. The second-order valence-corrected chi connectivity index (χ2v) is 8.12. The lowest BCUT2D eigenvalue weighted by Crippen LogP contribution is -2.43. The Morgan fingerprint density at radius 3 is 2.39 bits per heavy atom. The molecule has 1 rings (SSSR count). The van der Waals surface area contributed by atoms with Gasteiger partial charge in [0.1, 0.15) is 0 Å². The van der Waals surface area contributed by atoms with Crippen LogP contribution in [0.1, 0.15) is 32.3 Å². The maximum atomic E-state index is 10.3. The van der Waals surface area contributed by atoms with E-state index in [1.165, 1.54) is 5.56 Å². The number of nitrogens with two attached hydrogens (primary N) is 1. The Balaban J connectivity index is 2.80. The van der Waals surface area contributed by atoms with Gasteiger partial charge in [-0.2, -0.15) is 0 Å². The molecular weight excluding hydrogens is 356 g/mol. The van der Waals surface area contributed by atoms with E-state index >= 15 is 0 Å². The Labute approximate surface area is 171 Å². The van der Waals surface area contributed by atoms with E-state index in [1.54, 1.807) is 14.2 Å². The fraction of sp³-hybridized carbons (Fsp3) is 0.727. The maximum absolute atomic E-state index is 10.3. The molecule has 162 valence electrons. The van der Waals surface area contributed by atoms with Gasteiger partial charge < -0.3 is 30.0 Å². The van der Waals surface area contributed by atoms with Gasteiger partial charge >= 0.3 is 0 Å². The molecule has 3 N–H and O–H groups in total. The summed E-state index contributed by atoms with van der Waals surface area (Å²) in [5.41, 5.74) is 7.48. The predicted molar refractivity (Wildman–Crippen MR) is 114 cm³/mol. The third-order valence-electron chi connectivity index (χ3n) is 5.04. The number of nitrogens with zero attached hydrogens (tertiary/aromatic N) is 1. The summed E-state index contributed by atoms with van der Waals surface area (Å²) >= 11 is 0. The van der Waals surface area contributed by atoms with E-state index in [-0.39, 0.29) is 6.04 Å². The molecule has 0 heterocycles. The monoisotopic (exact) mass is 396 g/mol. The van der Waals surface area contributed by atoms with Crippen molar-refractivity contribution in [3.05, 3.63) is 23.8 Å². The highest BCUT2D eigenvalue weighted by Gasteiger charge is 2.23. The molecule has 0 saturated carbocycles. The summed E-state index contributed by atoms with van der Waals surface area (Å²) in [4.78, 5) is 1.96. The first kappa shape index (κ1) is 24.7. The van der Waals surface area contributed by atoms with Crippen molar-refractivity contribution in [2.75, 3.05) is 48.1 Å². The van der Waals surface area contributed by atoms with Crippen LogP contribution in [-0.2, 0) is 11.2 Å². The molecule has 0 radical (unpaired) electrons. The summed E-state index contributed by atoms with van der Waals surface area (Å²) in [6.07, 6.45) is 1.98. The summed E-state index contributed by atoms with van der Waals surface area (Å²) < 4.78 is 16.4. The van der Waals surface area contributed by atoms with Gasteiger partial charge in [0.15, 0.2) is 11.5 Å². The lowest BCUT2D eigenvalue weighted by Gasteiger charge is -2.28. The molecule has 0 aliphatic carbocycles. The molecule has 0 bridgehead atoms. The highest BCUT2D eigenvalue weighted by Crippen LogP contribution is 2.31. The van der Waals surface area contributed by atoms with Gasteiger partial charge in [-0.05, 0) is 56.5 Å². The lowest BCUT2D eigenvalue weighted by molar-refractivity contribution is 0.0974. The molecule has 0 fully saturated rings. The molecule has 28 heavy (non-hydrogen) atoms. The smallest absolute Gasteiger partial charge is 0.161 e. The highest BCUT2D eigenvalue weighted by atomic mass is 16.5. The van der Waals surface area contributed by atoms with Crippen LogP contribution in [0.15, 0.2) is 18.2 Å².